The zero-order valence-corrected chi connectivity index (χ0v) is 14.5. The second kappa shape index (κ2) is 8.75. The highest BCUT2D eigenvalue weighted by atomic mass is 32.2. The summed E-state index contributed by atoms with van der Waals surface area (Å²) >= 11 is 0. The van der Waals surface area contributed by atoms with Crippen molar-refractivity contribution in [3.8, 4) is 0 Å². The number of carboxylic acids is 1. The Morgan fingerprint density at radius 2 is 1.42 bits per heavy atom. The molecule has 0 aliphatic carbocycles. The fourth-order valence-electron chi connectivity index (χ4n) is 2.82. The molecule has 0 aromatic carbocycles. The lowest BCUT2D eigenvalue weighted by atomic mass is 10.1. The first kappa shape index (κ1) is 19.1. The van der Waals surface area contributed by atoms with Crippen molar-refractivity contribution in [2.75, 3.05) is 52.5 Å². The standard InChI is InChI=1S/C14H25N3O6S/c18-13(3-1-2-4-14(19)20)15-5-7-16(8-6-15)24(21,22)17-9-11-23-12-10-17/h1-12H2,(H,19,20). The maximum absolute atomic E-state index is 12.5. The van der Waals surface area contributed by atoms with E-state index in [0.717, 1.165) is 0 Å². The minimum Gasteiger partial charge on any atom is -0.481 e. The molecule has 2 aliphatic heterocycles. The van der Waals surface area contributed by atoms with Crippen molar-refractivity contribution in [2.24, 2.45) is 0 Å². The second-order valence-corrected chi connectivity index (χ2v) is 7.83. The molecule has 138 valence electrons. The Morgan fingerprint density at radius 3 is 2.00 bits per heavy atom. The van der Waals surface area contributed by atoms with Gasteiger partial charge >= 0.3 is 5.97 Å². The van der Waals surface area contributed by atoms with Crippen LogP contribution in [0.4, 0.5) is 0 Å². The van der Waals surface area contributed by atoms with Crippen molar-refractivity contribution in [1.29, 1.82) is 0 Å². The largest absolute Gasteiger partial charge is 0.481 e. The summed E-state index contributed by atoms with van der Waals surface area (Å²) in [4.78, 5) is 24.2. The van der Waals surface area contributed by atoms with Crippen molar-refractivity contribution in [3.05, 3.63) is 0 Å². The van der Waals surface area contributed by atoms with Gasteiger partial charge in [0.05, 0.1) is 13.2 Å². The van der Waals surface area contributed by atoms with Gasteiger partial charge in [-0.05, 0) is 12.8 Å². The number of carboxylic acid groups (broad SMARTS) is 1. The molecule has 2 heterocycles. The van der Waals surface area contributed by atoms with Gasteiger partial charge in [0.2, 0.25) is 5.91 Å². The van der Waals surface area contributed by atoms with Crippen LogP contribution >= 0.6 is 0 Å². The maximum Gasteiger partial charge on any atom is 0.303 e. The summed E-state index contributed by atoms with van der Waals surface area (Å²) in [5.41, 5.74) is 0. The molecule has 0 aromatic heterocycles. The van der Waals surface area contributed by atoms with E-state index in [1.807, 2.05) is 0 Å². The molecule has 0 bridgehead atoms. The molecule has 0 saturated carbocycles. The van der Waals surface area contributed by atoms with E-state index in [9.17, 15) is 18.0 Å². The first-order valence-corrected chi connectivity index (χ1v) is 9.63. The SMILES string of the molecule is O=C(O)CCCCC(=O)N1CCN(S(=O)(=O)N2CCOCC2)CC1. The molecule has 1 N–H and O–H groups in total. The molecule has 10 heteroatoms. The molecular formula is C14H25N3O6S. The number of carbonyl (C=O) groups is 2. The highest BCUT2D eigenvalue weighted by Gasteiger charge is 2.33. The van der Waals surface area contributed by atoms with Crippen molar-refractivity contribution in [2.45, 2.75) is 25.7 Å². The summed E-state index contributed by atoms with van der Waals surface area (Å²) < 4.78 is 33.1. The van der Waals surface area contributed by atoms with Crippen molar-refractivity contribution in [3.63, 3.8) is 0 Å². The number of unbranched alkanes of at least 4 members (excludes halogenated alkanes) is 1. The molecule has 0 radical (unpaired) electrons. The summed E-state index contributed by atoms with van der Waals surface area (Å²) in [6, 6.07) is 0. The molecule has 0 unspecified atom stereocenters. The van der Waals surface area contributed by atoms with Crippen LogP contribution in [0.1, 0.15) is 25.7 Å². The molecule has 0 atom stereocenters. The summed E-state index contributed by atoms with van der Waals surface area (Å²) in [6.45, 7) is 2.89. The third-order valence-electron chi connectivity index (χ3n) is 4.25. The summed E-state index contributed by atoms with van der Waals surface area (Å²) in [5.74, 6) is -0.895. The lowest BCUT2D eigenvalue weighted by Gasteiger charge is -2.37. The Balaban J connectivity index is 1.76. The van der Waals surface area contributed by atoms with Crippen LogP contribution in [0.2, 0.25) is 0 Å². The number of morpholine rings is 1. The summed E-state index contributed by atoms with van der Waals surface area (Å²) in [5, 5.41) is 8.57. The van der Waals surface area contributed by atoms with Crippen molar-refractivity contribution in [1.82, 2.24) is 13.5 Å². The highest BCUT2D eigenvalue weighted by Crippen LogP contribution is 2.15. The number of hydrogen-bond donors (Lipinski definition) is 1. The predicted molar refractivity (Wildman–Crippen MR) is 85.6 cm³/mol. The quantitative estimate of drug-likeness (QED) is 0.603. The van der Waals surface area contributed by atoms with Crippen LogP contribution < -0.4 is 0 Å². The molecule has 2 saturated heterocycles. The Hall–Kier alpha value is -1.23. The van der Waals surface area contributed by atoms with E-state index in [4.69, 9.17) is 9.84 Å². The fourth-order valence-corrected chi connectivity index (χ4v) is 4.38. The number of amides is 1. The van der Waals surface area contributed by atoms with E-state index < -0.39 is 16.2 Å². The van der Waals surface area contributed by atoms with Crippen LogP contribution in [0.5, 0.6) is 0 Å². The zero-order chi connectivity index (χ0) is 17.6. The number of rotatable bonds is 7. The Bertz CT molecular complexity index is 539. The third-order valence-corrected chi connectivity index (χ3v) is 6.28. The molecule has 24 heavy (non-hydrogen) atoms. The maximum atomic E-state index is 12.5. The number of nitrogens with zero attached hydrogens (tertiary/aromatic N) is 3. The number of hydrogen-bond acceptors (Lipinski definition) is 5. The minimum atomic E-state index is -3.48. The number of carbonyl (C=O) groups excluding carboxylic acids is 1. The Morgan fingerprint density at radius 1 is 0.875 bits per heavy atom. The monoisotopic (exact) mass is 363 g/mol. The molecule has 2 aliphatic rings. The van der Waals surface area contributed by atoms with E-state index in [0.29, 0.717) is 71.7 Å². The van der Waals surface area contributed by atoms with Crippen LogP contribution in [0.3, 0.4) is 0 Å². The van der Waals surface area contributed by atoms with Gasteiger partial charge in [-0.3, -0.25) is 9.59 Å². The molecular weight excluding hydrogens is 338 g/mol. The second-order valence-electron chi connectivity index (χ2n) is 5.90. The third kappa shape index (κ3) is 5.13. The van der Waals surface area contributed by atoms with E-state index in [1.54, 1.807) is 4.90 Å². The van der Waals surface area contributed by atoms with Crippen molar-refractivity contribution >= 4 is 22.1 Å². The lowest BCUT2D eigenvalue weighted by Crippen LogP contribution is -2.55. The molecule has 0 aromatic rings. The van der Waals surface area contributed by atoms with Gasteiger partial charge in [0.1, 0.15) is 0 Å². The van der Waals surface area contributed by atoms with Crippen LogP contribution in [0.15, 0.2) is 0 Å². The van der Waals surface area contributed by atoms with Gasteiger partial charge in [0, 0.05) is 52.1 Å². The highest BCUT2D eigenvalue weighted by molar-refractivity contribution is 7.86. The average Bonchev–Trinajstić information content (AvgIpc) is 2.59. The van der Waals surface area contributed by atoms with Crippen LogP contribution in [-0.4, -0.2) is 91.4 Å². The van der Waals surface area contributed by atoms with Gasteiger partial charge in [-0.1, -0.05) is 0 Å². The smallest absolute Gasteiger partial charge is 0.303 e. The van der Waals surface area contributed by atoms with E-state index in [-0.39, 0.29) is 12.3 Å². The summed E-state index contributed by atoms with van der Waals surface area (Å²) in [7, 11) is -3.48. The average molecular weight is 363 g/mol. The zero-order valence-electron chi connectivity index (χ0n) is 13.7. The van der Waals surface area contributed by atoms with Gasteiger partial charge in [-0.15, -0.1) is 0 Å². The van der Waals surface area contributed by atoms with Gasteiger partial charge in [0.25, 0.3) is 10.2 Å². The van der Waals surface area contributed by atoms with E-state index in [2.05, 4.69) is 0 Å². The molecule has 2 rings (SSSR count). The number of piperazine rings is 1. The van der Waals surface area contributed by atoms with E-state index in [1.165, 1.54) is 8.61 Å². The predicted octanol–water partition coefficient (Wildman–Crippen LogP) is -0.647. The molecule has 2 fully saturated rings. The van der Waals surface area contributed by atoms with Gasteiger partial charge < -0.3 is 14.7 Å². The Kier molecular flexibility index (Phi) is 6.96. The van der Waals surface area contributed by atoms with Crippen LogP contribution in [0, 0.1) is 0 Å². The fraction of sp³-hybridized carbons (Fsp3) is 0.857. The molecule has 1 amide bonds. The molecule has 0 spiro atoms. The minimum absolute atomic E-state index is 0.0381. The summed E-state index contributed by atoms with van der Waals surface area (Å²) in [6.07, 6.45) is 1.40. The van der Waals surface area contributed by atoms with Crippen LogP contribution in [0.25, 0.3) is 0 Å². The molecule has 9 nitrogen and oxygen atoms in total. The number of ether oxygens (including phenoxy) is 1. The van der Waals surface area contributed by atoms with Gasteiger partial charge in [0.15, 0.2) is 0 Å². The van der Waals surface area contributed by atoms with Crippen molar-refractivity contribution < 1.29 is 27.9 Å². The normalized spacial score (nSPS) is 20.9. The van der Waals surface area contributed by atoms with Gasteiger partial charge in [-0.25, -0.2) is 0 Å². The van der Waals surface area contributed by atoms with Gasteiger partial charge in [-0.2, -0.15) is 17.0 Å². The lowest BCUT2D eigenvalue weighted by molar-refractivity contribution is -0.137. The Labute approximate surface area is 142 Å². The number of aliphatic carboxylic acids is 1. The van der Waals surface area contributed by atoms with Crippen LogP contribution in [-0.2, 0) is 24.5 Å². The first-order chi connectivity index (χ1) is 11.4. The van der Waals surface area contributed by atoms with E-state index >= 15 is 0 Å². The topological polar surface area (TPSA) is 107 Å². The first-order valence-electron chi connectivity index (χ1n) is 8.24.